The number of aryl methyl sites for hydroxylation is 2. The zero-order chi connectivity index (χ0) is 10.3. The van der Waals surface area contributed by atoms with Crippen LogP contribution in [0.3, 0.4) is 0 Å². The van der Waals surface area contributed by atoms with Gasteiger partial charge in [0.15, 0.2) is 5.78 Å². The van der Waals surface area contributed by atoms with Gasteiger partial charge in [0.1, 0.15) is 5.75 Å². The van der Waals surface area contributed by atoms with Crippen LogP contribution in [-0.4, -0.2) is 12.9 Å². The Morgan fingerprint density at radius 2 is 2.00 bits per heavy atom. The van der Waals surface area contributed by atoms with Crippen molar-refractivity contribution in [3.05, 3.63) is 28.3 Å². The molecule has 14 heavy (non-hydrogen) atoms. The fourth-order valence-electron chi connectivity index (χ4n) is 2.32. The van der Waals surface area contributed by atoms with Gasteiger partial charge in [0.2, 0.25) is 0 Å². The van der Waals surface area contributed by atoms with Crippen molar-refractivity contribution in [3.8, 4) is 5.75 Å². The maximum atomic E-state index is 11.6. The molecule has 2 nitrogen and oxygen atoms in total. The lowest BCUT2D eigenvalue weighted by molar-refractivity contribution is 0.0994. The lowest BCUT2D eigenvalue weighted by Gasteiger charge is -2.12. The molecule has 0 unspecified atom stereocenters. The third-order valence-corrected chi connectivity index (χ3v) is 2.89. The van der Waals surface area contributed by atoms with Crippen LogP contribution in [0.1, 0.15) is 33.5 Å². The van der Waals surface area contributed by atoms with Crippen LogP contribution in [0.15, 0.2) is 6.07 Å². The highest BCUT2D eigenvalue weighted by Crippen LogP contribution is 2.33. The molecular formula is C12H14O2. The van der Waals surface area contributed by atoms with Crippen LogP contribution in [-0.2, 0) is 6.42 Å². The molecule has 0 saturated carbocycles. The van der Waals surface area contributed by atoms with Gasteiger partial charge in [0.25, 0.3) is 0 Å². The molecule has 0 aromatic heterocycles. The topological polar surface area (TPSA) is 26.3 Å². The van der Waals surface area contributed by atoms with Gasteiger partial charge < -0.3 is 4.74 Å². The van der Waals surface area contributed by atoms with Crippen LogP contribution >= 0.6 is 0 Å². The summed E-state index contributed by atoms with van der Waals surface area (Å²) in [5.41, 5.74) is 4.21. The molecule has 1 aromatic carbocycles. The molecule has 0 fully saturated rings. The van der Waals surface area contributed by atoms with Crippen LogP contribution in [0.2, 0.25) is 0 Å². The van der Waals surface area contributed by atoms with Crippen LogP contribution in [0.5, 0.6) is 5.75 Å². The molecule has 0 spiro atoms. The van der Waals surface area contributed by atoms with E-state index in [-0.39, 0.29) is 5.78 Å². The fourth-order valence-corrected chi connectivity index (χ4v) is 2.32. The van der Waals surface area contributed by atoms with Crippen molar-refractivity contribution < 1.29 is 9.53 Å². The van der Waals surface area contributed by atoms with E-state index >= 15 is 0 Å². The molecule has 0 N–H and O–H groups in total. The van der Waals surface area contributed by atoms with Gasteiger partial charge in [-0.2, -0.15) is 0 Å². The summed E-state index contributed by atoms with van der Waals surface area (Å²) in [7, 11) is 1.65. The van der Waals surface area contributed by atoms with Crippen molar-refractivity contribution >= 4 is 5.78 Å². The number of ether oxygens (including phenoxy) is 1. The first kappa shape index (κ1) is 9.25. The average molecular weight is 190 g/mol. The summed E-state index contributed by atoms with van der Waals surface area (Å²) in [6.07, 6.45) is 1.54. The van der Waals surface area contributed by atoms with Gasteiger partial charge in [0, 0.05) is 17.5 Å². The van der Waals surface area contributed by atoms with Gasteiger partial charge in [-0.3, -0.25) is 4.79 Å². The lowest BCUT2D eigenvalue weighted by Crippen LogP contribution is -2.00. The summed E-state index contributed by atoms with van der Waals surface area (Å²) >= 11 is 0. The molecule has 1 aliphatic carbocycles. The Bertz CT molecular complexity index is 405. The van der Waals surface area contributed by atoms with Crippen molar-refractivity contribution in [1.29, 1.82) is 0 Å². The summed E-state index contributed by atoms with van der Waals surface area (Å²) in [6.45, 7) is 3.99. The Kier molecular flexibility index (Phi) is 2.06. The number of benzene rings is 1. The number of ketones is 1. The number of fused-ring (bicyclic) bond motifs is 1. The Balaban J connectivity index is 2.70. The van der Waals surface area contributed by atoms with Crippen molar-refractivity contribution in [2.45, 2.75) is 26.7 Å². The van der Waals surface area contributed by atoms with E-state index in [1.165, 1.54) is 5.56 Å². The molecule has 0 aliphatic heterocycles. The zero-order valence-electron chi connectivity index (χ0n) is 8.81. The zero-order valence-corrected chi connectivity index (χ0v) is 8.81. The fraction of sp³-hybridized carbons (Fsp3) is 0.417. The quantitative estimate of drug-likeness (QED) is 0.680. The first-order chi connectivity index (χ1) is 6.65. The minimum Gasteiger partial charge on any atom is -0.496 e. The maximum Gasteiger partial charge on any atom is 0.163 e. The van der Waals surface area contributed by atoms with Gasteiger partial charge in [-0.25, -0.2) is 0 Å². The normalized spacial score (nSPS) is 14.4. The van der Waals surface area contributed by atoms with E-state index in [0.29, 0.717) is 6.42 Å². The number of Topliss-reactive ketones (excluding diaryl/α,β-unsaturated/α-hetero) is 1. The SMILES string of the molecule is COc1c(C)cc2c(c1C)C(=O)CC2. The van der Waals surface area contributed by atoms with E-state index in [1.54, 1.807) is 7.11 Å². The predicted molar refractivity (Wildman–Crippen MR) is 55.1 cm³/mol. The van der Waals surface area contributed by atoms with Crippen molar-refractivity contribution in [1.82, 2.24) is 0 Å². The number of hydrogen-bond acceptors (Lipinski definition) is 2. The molecule has 0 heterocycles. The summed E-state index contributed by atoms with van der Waals surface area (Å²) < 4.78 is 5.30. The number of carbonyl (C=O) groups excluding carboxylic acids is 1. The minimum absolute atomic E-state index is 0.260. The summed E-state index contributed by atoms with van der Waals surface area (Å²) in [5.74, 6) is 1.12. The van der Waals surface area contributed by atoms with Gasteiger partial charge >= 0.3 is 0 Å². The highest BCUT2D eigenvalue weighted by Gasteiger charge is 2.24. The van der Waals surface area contributed by atoms with Crippen molar-refractivity contribution in [2.24, 2.45) is 0 Å². The first-order valence-electron chi connectivity index (χ1n) is 4.85. The molecule has 0 radical (unpaired) electrons. The standard InChI is InChI=1S/C12H14O2/c1-7-6-9-4-5-10(13)11(9)8(2)12(7)14-3/h6H,4-5H2,1-3H3. The Labute approximate surface area is 83.9 Å². The van der Waals surface area contributed by atoms with Gasteiger partial charge in [-0.15, -0.1) is 0 Å². The predicted octanol–water partition coefficient (Wildman–Crippen LogP) is 2.44. The smallest absolute Gasteiger partial charge is 0.163 e. The molecule has 2 rings (SSSR count). The molecule has 0 atom stereocenters. The second-order valence-corrected chi connectivity index (χ2v) is 3.81. The third-order valence-electron chi connectivity index (χ3n) is 2.89. The Morgan fingerprint density at radius 1 is 1.29 bits per heavy atom. The Morgan fingerprint density at radius 3 is 2.64 bits per heavy atom. The number of carbonyl (C=O) groups is 1. The van der Waals surface area contributed by atoms with Crippen LogP contribution < -0.4 is 4.74 Å². The molecule has 0 saturated heterocycles. The molecule has 2 heteroatoms. The van der Waals surface area contributed by atoms with E-state index < -0.39 is 0 Å². The molecule has 1 aromatic rings. The lowest BCUT2D eigenvalue weighted by atomic mass is 9.99. The van der Waals surface area contributed by atoms with Gasteiger partial charge in [-0.1, -0.05) is 6.07 Å². The molecular weight excluding hydrogens is 176 g/mol. The van der Waals surface area contributed by atoms with Gasteiger partial charge in [-0.05, 0) is 31.4 Å². The van der Waals surface area contributed by atoms with Crippen LogP contribution in [0.25, 0.3) is 0 Å². The first-order valence-corrected chi connectivity index (χ1v) is 4.85. The monoisotopic (exact) mass is 190 g/mol. The van der Waals surface area contributed by atoms with E-state index in [2.05, 4.69) is 6.07 Å². The molecule has 1 aliphatic rings. The summed E-state index contributed by atoms with van der Waals surface area (Å²) in [6, 6.07) is 2.08. The highest BCUT2D eigenvalue weighted by molar-refractivity contribution is 6.02. The van der Waals surface area contributed by atoms with E-state index in [4.69, 9.17) is 4.74 Å². The van der Waals surface area contributed by atoms with E-state index in [1.807, 2.05) is 13.8 Å². The van der Waals surface area contributed by atoms with Crippen molar-refractivity contribution in [2.75, 3.05) is 7.11 Å². The number of rotatable bonds is 1. The maximum absolute atomic E-state index is 11.6. The summed E-state index contributed by atoms with van der Waals surface area (Å²) in [5, 5.41) is 0. The molecule has 0 bridgehead atoms. The Hall–Kier alpha value is -1.31. The third kappa shape index (κ3) is 1.14. The molecule has 0 amide bonds. The van der Waals surface area contributed by atoms with Crippen molar-refractivity contribution in [3.63, 3.8) is 0 Å². The number of hydrogen-bond donors (Lipinski definition) is 0. The van der Waals surface area contributed by atoms with Crippen LogP contribution in [0, 0.1) is 13.8 Å². The second-order valence-electron chi connectivity index (χ2n) is 3.81. The molecule has 74 valence electrons. The van der Waals surface area contributed by atoms with Gasteiger partial charge in [0.05, 0.1) is 7.11 Å². The average Bonchev–Trinajstić information content (AvgIpc) is 2.48. The van der Waals surface area contributed by atoms with Crippen LogP contribution in [0.4, 0.5) is 0 Å². The minimum atomic E-state index is 0.260. The summed E-state index contributed by atoms with van der Waals surface area (Å²) in [4.78, 5) is 11.6. The largest absolute Gasteiger partial charge is 0.496 e. The highest BCUT2D eigenvalue weighted by atomic mass is 16.5. The second kappa shape index (κ2) is 3.12. The van der Waals surface area contributed by atoms with E-state index in [9.17, 15) is 4.79 Å². The van der Waals surface area contributed by atoms with E-state index in [0.717, 1.165) is 28.9 Å². The number of methoxy groups -OCH3 is 1.